The number of nitrogens with zero attached hydrogens (tertiary/aromatic N) is 3. The van der Waals surface area contributed by atoms with Crippen LogP contribution in [0.4, 0.5) is 17.1 Å². The highest BCUT2D eigenvalue weighted by molar-refractivity contribution is 6.23. The van der Waals surface area contributed by atoms with E-state index in [0.29, 0.717) is 5.69 Å². The fraction of sp³-hybridized carbons (Fsp3) is 0.200. The van der Waals surface area contributed by atoms with Gasteiger partial charge >= 0.3 is 0 Å². The lowest BCUT2D eigenvalue weighted by Crippen LogP contribution is -2.37. The van der Waals surface area contributed by atoms with E-state index < -0.39 is 18.1 Å². The fourth-order valence-electron chi connectivity index (χ4n) is 4.35. The number of anilines is 3. The predicted octanol–water partition coefficient (Wildman–Crippen LogP) is 3.80. The SMILES string of the molecule is CN(C)c1ccc([C@@H]2[C@@H]3C(=O)N(c4ccccc4)C(=O)[C@@H]3ON2c2ccccc2)cc1. The molecule has 3 aromatic carbocycles. The Morgan fingerprint density at radius 2 is 1.32 bits per heavy atom. The summed E-state index contributed by atoms with van der Waals surface area (Å²) in [5.41, 5.74) is 3.37. The van der Waals surface area contributed by atoms with E-state index in [1.807, 2.05) is 91.8 Å². The molecule has 3 atom stereocenters. The van der Waals surface area contributed by atoms with Gasteiger partial charge in [0.25, 0.3) is 5.91 Å². The second-order valence-corrected chi connectivity index (χ2v) is 7.99. The van der Waals surface area contributed by atoms with Crippen LogP contribution in [0.5, 0.6) is 0 Å². The Morgan fingerprint density at radius 3 is 1.90 bits per heavy atom. The molecule has 6 heteroatoms. The summed E-state index contributed by atoms with van der Waals surface area (Å²) < 4.78 is 0. The number of carbonyl (C=O) groups excluding carboxylic acids is 2. The third-order valence-electron chi connectivity index (χ3n) is 5.89. The van der Waals surface area contributed by atoms with E-state index >= 15 is 0 Å². The van der Waals surface area contributed by atoms with Crippen LogP contribution in [0.25, 0.3) is 0 Å². The number of hydrogen-bond acceptors (Lipinski definition) is 5. The minimum Gasteiger partial charge on any atom is -0.378 e. The maximum Gasteiger partial charge on any atom is 0.266 e. The molecule has 31 heavy (non-hydrogen) atoms. The second kappa shape index (κ2) is 7.56. The van der Waals surface area contributed by atoms with Gasteiger partial charge < -0.3 is 4.90 Å². The van der Waals surface area contributed by atoms with E-state index in [0.717, 1.165) is 16.9 Å². The summed E-state index contributed by atoms with van der Waals surface area (Å²) in [6.07, 6.45) is -0.855. The summed E-state index contributed by atoms with van der Waals surface area (Å²) >= 11 is 0. The number of para-hydroxylation sites is 2. The summed E-state index contributed by atoms with van der Waals surface area (Å²) in [6, 6.07) is 26.3. The van der Waals surface area contributed by atoms with Crippen molar-refractivity contribution in [2.75, 3.05) is 29.0 Å². The van der Waals surface area contributed by atoms with Gasteiger partial charge in [0.05, 0.1) is 17.4 Å². The Bertz CT molecular complexity index is 1100. The second-order valence-electron chi connectivity index (χ2n) is 7.99. The molecule has 0 spiro atoms. The van der Waals surface area contributed by atoms with E-state index in [9.17, 15) is 9.59 Å². The number of imide groups is 1. The van der Waals surface area contributed by atoms with E-state index in [2.05, 4.69) is 0 Å². The quantitative estimate of drug-likeness (QED) is 0.609. The minimum atomic E-state index is -0.855. The summed E-state index contributed by atoms with van der Waals surface area (Å²) in [5, 5.41) is 1.72. The molecular formula is C25H23N3O3. The summed E-state index contributed by atoms with van der Waals surface area (Å²) in [5.74, 6) is -1.19. The summed E-state index contributed by atoms with van der Waals surface area (Å²) in [7, 11) is 3.97. The van der Waals surface area contributed by atoms with Crippen LogP contribution in [0.1, 0.15) is 11.6 Å². The smallest absolute Gasteiger partial charge is 0.266 e. The highest BCUT2D eigenvalue weighted by Gasteiger charge is 2.60. The van der Waals surface area contributed by atoms with Crippen molar-refractivity contribution in [1.29, 1.82) is 0 Å². The van der Waals surface area contributed by atoms with Gasteiger partial charge in [-0.1, -0.05) is 48.5 Å². The molecule has 0 aromatic heterocycles. The van der Waals surface area contributed by atoms with Crippen LogP contribution < -0.4 is 14.9 Å². The van der Waals surface area contributed by atoms with Crippen LogP contribution in [0.15, 0.2) is 84.9 Å². The van der Waals surface area contributed by atoms with E-state index in [4.69, 9.17) is 4.84 Å². The zero-order valence-electron chi connectivity index (χ0n) is 17.4. The topological polar surface area (TPSA) is 53.1 Å². The number of fused-ring (bicyclic) bond motifs is 1. The summed E-state index contributed by atoms with van der Waals surface area (Å²) in [6.45, 7) is 0. The molecule has 2 fully saturated rings. The van der Waals surface area contributed by atoms with Crippen molar-refractivity contribution in [2.24, 2.45) is 5.92 Å². The van der Waals surface area contributed by atoms with Crippen LogP contribution in [-0.4, -0.2) is 32.0 Å². The molecule has 2 aliphatic rings. The summed E-state index contributed by atoms with van der Waals surface area (Å²) in [4.78, 5) is 36.2. The van der Waals surface area contributed by atoms with Crippen molar-refractivity contribution in [3.8, 4) is 0 Å². The van der Waals surface area contributed by atoms with Gasteiger partial charge in [-0.2, -0.15) is 0 Å². The first-order valence-corrected chi connectivity index (χ1v) is 10.3. The number of amides is 2. The molecule has 2 amide bonds. The lowest BCUT2D eigenvalue weighted by atomic mass is 9.90. The molecule has 2 saturated heterocycles. The third-order valence-corrected chi connectivity index (χ3v) is 5.89. The van der Waals surface area contributed by atoms with Crippen LogP contribution in [0.3, 0.4) is 0 Å². The Hall–Kier alpha value is -3.64. The number of hydrogen-bond donors (Lipinski definition) is 0. The molecule has 0 aliphatic carbocycles. The number of rotatable bonds is 4. The Kier molecular flexibility index (Phi) is 4.71. The van der Waals surface area contributed by atoms with E-state index in [1.54, 1.807) is 17.2 Å². The molecule has 0 bridgehead atoms. The van der Waals surface area contributed by atoms with Crippen molar-refractivity contribution in [3.63, 3.8) is 0 Å². The van der Waals surface area contributed by atoms with Gasteiger partial charge in [0.1, 0.15) is 5.92 Å². The molecule has 2 heterocycles. The van der Waals surface area contributed by atoms with Gasteiger partial charge in [-0.25, -0.2) is 9.96 Å². The Morgan fingerprint density at radius 1 is 0.742 bits per heavy atom. The van der Waals surface area contributed by atoms with Crippen molar-refractivity contribution in [1.82, 2.24) is 0 Å². The molecule has 2 aliphatic heterocycles. The van der Waals surface area contributed by atoms with Gasteiger partial charge in [0.15, 0.2) is 6.10 Å². The standard InChI is InChI=1S/C25H23N3O3/c1-26(2)18-15-13-17(14-16-18)22-21-23(31-28(22)20-11-7-4-8-12-20)25(30)27(24(21)29)19-9-5-3-6-10-19/h3-16,21-23H,1-2H3/t21-,22+,23+/m0/s1. The highest BCUT2D eigenvalue weighted by Crippen LogP contribution is 2.47. The average molecular weight is 413 g/mol. The largest absolute Gasteiger partial charge is 0.378 e. The first-order chi connectivity index (χ1) is 15.1. The van der Waals surface area contributed by atoms with Crippen LogP contribution >= 0.6 is 0 Å². The van der Waals surface area contributed by atoms with Crippen molar-refractivity contribution < 1.29 is 14.4 Å². The Balaban J connectivity index is 1.57. The number of benzene rings is 3. The molecule has 0 unspecified atom stereocenters. The van der Waals surface area contributed by atoms with Gasteiger partial charge in [0, 0.05) is 19.8 Å². The lowest BCUT2D eigenvalue weighted by Gasteiger charge is -2.29. The van der Waals surface area contributed by atoms with Crippen molar-refractivity contribution in [3.05, 3.63) is 90.5 Å². The fourth-order valence-corrected chi connectivity index (χ4v) is 4.35. The van der Waals surface area contributed by atoms with Crippen LogP contribution in [-0.2, 0) is 14.4 Å². The molecule has 6 nitrogen and oxygen atoms in total. The van der Waals surface area contributed by atoms with Gasteiger partial charge in [-0.05, 0) is 42.0 Å². The number of carbonyl (C=O) groups is 2. The van der Waals surface area contributed by atoms with Crippen molar-refractivity contribution >= 4 is 28.9 Å². The first kappa shape index (κ1) is 19.3. The highest BCUT2D eigenvalue weighted by atomic mass is 16.7. The zero-order valence-corrected chi connectivity index (χ0v) is 17.4. The molecular weight excluding hydrogens is 390 g/mol. The van der Waals surface area contributed by atoms with Gasteiger partial charge in [-0.3, -0.25) is 14.4 Å². The third kappa shape index (κ3) is 3.16. The van der Waals surface area contributed by atoms with Crippen molar-refractivity contribution in [2.45, 2.75) is 12.1 Å². The van der Waals surface area contributed by atoms with Gasteiger partial charge in [-0.15, -0.1) is 0 Å². The minimum absolute atomic E-state index is 0.235. The molecule has 3 aromatic rings. The van der Waals surface area contributed by atoms with Crippen LogP contribution in [0, 0.1) is 5.92 Å². The maximum absolute atomic E-state index is 13.5. The lowest BCUT2D eigenvalue weighted by molar-refractivity contribution is -0.126. The van der Waals surface area contributed by atoms with E-state index in [-0.39, 0.29) is 11.8 Å². The average Bonchev–Trinajstić information content (AvgIpc) is 3.31. The normalized spacial score (nSPS) is 22.7. The van der Waals surface area contributed by atoms with Crippen LogP contribution in [0.2, 0.25) is 0 Å². The molecule has 0 N–H and O–H groups in total. The predicted molar refractivity (Wildman–Crippen MR) is 120 cm³/mol. The molecule has 5 rings (SSSR count). The first-order valence-electron chi connectivity index (χ1n) is 10.3. The van der Waals surface area contributed by atoms with Gasteiger partial charge in [0.2, 0.25) is 5.91 Å². The molecule has 0 radical (unpaired) electrons. The monoisotopic (exact) mass is 413 g/mol. The Labute approximate surface area is 181 Å². The molecule has 156 valence electrons. The number of hydroxylamine groups is 1. The molecule has 0 saturated carbocycles. The maximum atomic E-state index is 13.5. The van der Waals surface area contributed by atoms with E-state index in [1.165, 1.54) is 4.90 Å². The zero-order chi connectivity index (χ0) is 21.5.